The zero-order valence-corrected chi connectivity index (χ0v) is 40.4. The Balaban J connectivity index is 0.000000213. The Morgan fingerprint density at radius 1 is 0.918 bits per heavy atom. The van der Waals surface area contributed by atoms with Crippen LogP contribution in [0.25, 0.3) is 61.3 Å². The van der Waals surface area contributed by atoms with E-state index >= 15 is 0 Å². The first kappa shape index (κ1) is 45.5. The third kappa shape index (κ3) is 8.85. The van der Waals surface area contributed by atoms with Crippen LogP contribution in [0.2, 0.25) is 17.3 Å². The third-order valence-corrected chi connectivity index (χ3v) is 14.9. The molecule has 0 aliphatic heterocycles. The number of halogens is 1. The maximum atomic E-state index is 14.4. The van der Waals surface area contributed by atoms with Gasteiger partial charge in [0.25, 0.3) is 0 Å². The molecule has 0 fully saturated rings. The third-order valence-electron chi connectivity index (χ3n) is 10.7. The van der Waals surface area contributed by atoms with Crippen LogP contribution < -0.4 is 4.40 Å². The van der Waals surface area contributed by atoms with Crippen molar-refractivity contribution in [2.75, 3.05) is 0 Å². The fraction of sp³-hybridized carbons (Fsp3) is 0.265. The fourth-order valence-corrected chi connectivity index (χ4v) is 11.2. The van der Waals surface area contributed by atoms with Crippen molar-refractivity contribution < 1.29 is 49.0 Å². The van der Waals surface area contributed by atoms with Gasteiger partial charge >= 0.3 is 148 Å². The van der Waals surface area contributed by atoms with Gasteiger partial charge in [0.15, 0.2) is 0 Å². The summed E-state index contributed by atoms with van der Waals surface area (Å²) in [7, 11) is 0. The number of furan rings is 1. The largest absolute Gasteiger partial charge is 0.501 e. The van der Waals surface area contributed by atoms with Gasteiger partial charge in [-0.25, -0.2) is 0 Å². The van der Waals surface area contributed by atoms with Gasteiger partial charge in [0.1, 0.15) is 5.58 Å². The Bertz CT molecular complexity index is 2880. The molecule has 0 unspecified atom stereocenters. The van der Waals surface area contributed by atoms with Crippen LogP contribution in [0.4, 0.5) is 4.39 Å². The van der Waals surface area contributed by atoms with Crippen LogP contribution in [0, 0.1) is 24.9 Å². The van der Waals surface area contributed by atoms with Crippen LogP contribution in [0.3, 0.4) is 0 Å². The summed E-state index contributed by atoms with van der Waals surface area (Å²) in [6.07, 6.45) is 3.54. The Morgan fingerprint density at radius 2 is 1.61 bits per heavy atom. The molecule has 317 valence electrons. The van der Waals surface area contributed by atoms with Gasteiger partial charge in [-0.1, -0.05) is 75.0 Å². The number of aliphatic hydroxyl groups is 1. The zero-order chi connectivity index (χ0) is 43.3. The van der Waals surface area contributed by atoms with E-state index in [4.69, 9.17) is 14.7 Å². The molecule has 4 aromatic carbocycles. The molecule has 0 amide bonds. The topological polar surface area (TPSA) is 124 Å². The predicted molar refractivity (Wildman–Crippen MR) is 238 cm³/mol. The number of hydrogen-bond donors (Lipinski definition) is 2. The van der Waals surface area contributed by atoms with E-state index in [-0.39, 0.29) is 31.2 Å². The number of pyridine rings is 2. The Kier molecular flexibility index (Phi) is 13.2. The van der Waals surface area contributed by atoms with Crippen LogP contribution in [0.15, 0.2) is 95.7 Å². The molecule has 0 aliphatic carbocycles. The normalized spacial score (nSPS) is 11.9. The molecule has 0 aliphatic rings. The van der Waals surface area contributed by atoms with Crippen molar-refractivity contribution >= 4 is 56.6 Å². The molecule has 9 nitrogen and oxygen atoms in total. The van der Waals surface area contributed by atoms with Gasteiger partial charge in [0.2, 0.25) is 0 Å². The number of aryl methyl sites for hydroxylation is 1. The smallest absolute Gasteiger partial charge is 0.120 e. The van der Waals surface area contributed by atoms with E-state index in [0.29, 0.717) is 17.5 Å². The van der Waals surface area contributed by atoms with Gasteiger partial charge in [-0.3, -0.25) is 9.97 Å². The number of nitrogens with zero attached hydrogens (tertiary/aromatic N) is 4. The first-order valence-electron chi connectivity index (χ1n) is 20.0. The number of hydrogen-bond acceptors (Lipinski definition) is 8. The molecule has 4 aromatic heterocycles. The zero-order valence-electron chi connectivity index (χ0n) is 35.9. The molecule has 0 spiro atoms. The molecular formula is C49H49FGeIrN4O5-2. The quantitative estimate of drug-likeness (QED) is 0.0668. The van der Waals surface area contributed by atoms with E-state index in [0.717, 1.165) is 66.1 Å². The van der Waals surface area contributed by atoms with E-state index in [1.807, 2.05) is 36.5 Å². The van der Waals surface area contributed by atoms with Crippen molar-refractivity contribution in [3.8, 4) is 28.3 Å². The predicted octanol–water partition coefficient (Wildman–Crippen LogP) is 11.4. The Hall–Kier alpha value is -5.04. The maximum Gasteiger partial charge on any atom is 0.120 e. The molecule has 1 radical (unpaired) electrons. The monoisotopic (exact) mass is 1060 g/mol. The van der Waals surface area contributed by atoms with E-state index < -0.39 is 30.7 Å². The Labute approximate surface area is 371 Å². The molecule has 2 N–H and O–H groups in total. The first-order chi connectivity index (χ1) is 28.4. The molecule has 0 saturated carbocycles. The number of fused-ring (bicyclic) bond motifs is 4. The van der Waals surface area contributed by atoms with Crippen LogP contribution in [0.1, 0.15) is 86.1 Å². The first-order valence-corrected chi connectivity index (χ1v) is 27.3. The molecule has 4 heterocycles. The second-order valence-electron chi connectivity index (χ2n) is 17.2. The molecular weight excluding hydrogens is 1010 g/mol. The molecule has 8 rings (SSSR count). The minimum Gasteiger partial charge on any atom is -0.501 e. The van der Waals surface area contributed by atoms with Gasteiger partial charge in [-0.15, -0.1) is 18.2 Å². The number of carbonyl (C=O) groups excluding carboxylic acids is 1. The second kappa shape index (κ2) is 17.7. The summed E-state index contributed by atoms with van der Waals surface area (Å²) in [5, 5.41) is 21.1. The summed E-state index contributed by atoms with van der Waals surface area (Å²) >= 11 is -2.30. The Morgan fingerprint density at radius 3 is 2.23 bits per heavy atom. The number of rotatable bonds is 8. The van der Waals surface area contributed by atoms with E-state index in [1.54, 1.807) is 26.1 Å². The van der Waals surface area contributed by atoms with Crippen molar-refractivity contribution in [2.24, 2.45) is 0 Å². The molecule has 0 bridgehead atoms. The molecule has 12 heteroatoms. The standard InChI is InChI=1S/C31H28N3O.C18H21FGeNO4.Ir/c1-18(2)21-11-8-12-22(19(3)4)29(21)34-28-20(5)32-17-16-26(28)33-31(34)25-14-9-13-24-23-10-6-7-15-27(23)35-30(24)25;1-18(2,23)13-9-16(21-10-15(13)20(3,4)5)12-7-6-11(8-14(12)19)17(22)25-24;/h6-13,15-19H,1-5H3;6,8-10,23-24H,1-5H3;/q2*-1;. The molecule has 0 saturated heterocycles. The maximum absolute atomic E-state index is 14.4. The number of imidazole rings is 1. The summed E-state index contributed by atoms with van der Waals surface area (Å²) in [6.45, 7) is 14.4. The number of aromatic nitrogens is 4. The minimum absolute atomic E-state index is 0. The average Bonchev–Trinajstić information content (AvgIpc) is 3.79. The number of para-hydroxylation sites is 2. The number of carbonyl (C=O) groups is 1. The van der Waals surface area contributed by atoms with Crippen molar-refractivity contribution in [3.63, 3.8) is 0 Å². The molecule has 0 atom stereocenters. The van der Waals surface area contributed by atoms with E-state index in [2.05, 4.69) is 114 Å². The van der Waals surface area contributed by atoms with Crippen molar-refractivity contribution in [3.05, 3.63) is 137 Å². The summed E-state index contributed by atoms with van der Waals surface area (Å²) < 4.78 is 24.1. The van der Waals surface area contributed by atoms with Crippen molar-refractivity contribution in [1.29, 1.82) is 0 Å². The van der Waals surface area contributed by atoms with Gasteiger partial charge in [0.05, 0.1) is 28.1 Å². The molecule has 61 heavy (non-hydrogen) atoms. The fourth-order valence-electron chi connectivity index (χ4n) is 7.73. The SMILES string of the molecule is CC(C)(O)c1cc(-c2[c-]cc(C(=O)OO)cc2F)nc[c]1[Ge]([CH3])([CH3])[CH3].Cc1nccc2nc(-c3[c-]ccc4c3oc3ccccc34)n(-c3c(C(C)C)cccc3C(C)C)c12.[Ir]. The number of benzene rings is 4. The van der Waals surface area contributed by atoms with Crippen LogP contribution in [-0.2, 0) is 30.6 Å². The van der Waals surface area contributed by atoms with Crippen LogP contribution in [-0.4, -0.2) is 49.1 Å². The summed E-state index contributed by atoms with van der Waals surface area (Å²) in [5.41, 5.74) is 9.06. The van der Waals surface area contributed by atoms with Gasteiger partial charge < -0.3 is 8.98 Å². The van der Waals surface area contributed by atoms with Gasteiger partial charge in [-0.05, 0) is 42.0 Å². The average molecular weight is 1060 g/mol. The summed E-state index contributed by atoms with van der Waals surface area (Å²) in [5.74, 6) is 6.30. The molecule has 8 aromatic rings. The minimum atomic E-state index is -2.30. The van der Waals surface area contributed by atoms with Crippen LogP contribution in [0.5, 0.6) is 0 Å². The van der Waals surface area contributed by atoms with Gasteiger partial charge in [-0.2, -0.15) is 0 Å². The van der Waals surface area contributed by atoms with Crippen molar-refractivity contribution in [1.82, 2.24) is 19.5 Å². The summed E-state index contributed by atoms with van der Waals surface area (Å²) in [4.78, 5) is 29.0. The van der Waals surface area contributed by atoms with Crippen molar-refractivity contribution in [2.45, 2.75) is 83.2 Å². The van der Waals surface area contributed by atoms with Crippen LogP contribution >= 0.6 is 0 Å². The van der Waals surface area contributed by atoms with E-state index in [9.17, 15) is 14.3 Å². The summed E-state index contributed by atoms with van der Waals surface area (Å²) in [6, 6.07) is 30.8. The second-order valence-corrected chi connectivity index (χ2v) is 27.8. The van der Waals surface area contributed by atoms with Gasteiger partial charge in [0, 0.05) is 37.4 Å². The van der Waals surface area contributed by atoms with E-state index in [1.165, 1.54) is 22.9 Å².